The molecule has 0 amide bonds. The van der Waals surface area contributed by atoms with Gasteiger partial charge in [-0.15, -0.1) is 0 Å². The normalized spacial score (nSPS) is 14.2. The molecule has 278 valence electrons. The van der Waals surface area contributed by atoms with Gasteiger partial charge in [0.25, 0.3) is 0 Å². The minimum absolute atomic E-state index is 0.0777. The van der Waals surface area contributed by atoms with E-state index >= 15 is 0 Å². The van der Waals surface area contributed by atoms with Gasteiger partial charge in [-0.2, -0.15) is 0 Å². The van der Waals surface area contributed by atoms with Crippen molar-refractivity contribution in [1.82, 2.24) is 14.5 Å². The summed E-state index contributed by atoms with van der Waals surface area (Å²) >= 11 is -3.65. The third kappa shape index (κ3) is 4.77. The van der Waals surface area contributed by atoms with Gasteiger partial charge < -0.3 is 0 Å². The maximum atomic E-state index is 5.68. The Balaban J connectivity index is 1.12. The molecule has 3 heterocycles. The van der Waals surface area contributed by atoms with E-state index in [1.807, 2.05) is 0 Å². The number of para-hydroxylation sites is 1. The summed E-state index contributed by atoms with van der Waals surface area (Å²) in [5, 5.41) is 2.57. The van der Waals surface area contributed by atoms with E-state index in [0.717, 1.165) is 34.0 Å². The third-order valence-corrected chi connectivity index (χ3v) is 23.3. The molecule has 0 bridgehead atoms. The van der Waals surface area contributed by atoms with E-state index < -0.39 is 13.3 Å². The van der Waals surface area contributed by atoms with Crippen LogP contribution in [0.25, 0.3) is 72.5 Å². The van der Waals surface area contributed by atoms with Crippen LogP contribution in [0.1, 0.15) is 25.0 Å². The van der Waals surface area contributed by atoms with E-state index in [1.165, 1.54) is 67.2 Å². The molecule has 0 radical (unpaired) electrons. The summed E-state index contributed by atoms with van der Waals surface area (Å²) in [5.74, 6) is 0.732. The molecule has 2 aromatic heterocycles. The van der Waals surface area contributed by atoms with Crippen molar-refractivity contribution in [3.63, 3.8) is 0 Å². The summed E-state index contributed by atoms with van der Waals surface area (Å²) in [4.78, 5) is 11.3. The van der Waals surface area contributed by atoms with Crippen LogP contribution in [-0.2, 0) is 5.41 Å². The standard InChI is InChI=1S/C55H39GeN3/c1-55(2)44-30-15-12-27-41(44)49-45(55)33-34-48-50(49)43-29-14-17-32-47(43)59(48)40-26-18-21-37(35-40)54-57-52(36-19-6-3-7-20-36)51-53(58-54)42-28-13-16-31-46(42)56(51,38-22-8-4-9-23-38)39-24-10-5-11-25-39/h3-35H,1-2H3. The number of rotatable bonds is 5. The first-order valence-corrected chi connectivity index (χ1v) is 24.7. The van der Waals surface area contributed by atoms with Crippen molar-refractivity contribution >= 4 is 52.7 Å². The van der Waals surface area contributed by atoms with Crippen LogP contribution in [0, 0.1) is 0 Å². The molecule has 0 saturated heterocycles. The zero-order valence-electron chi connectivity index (χ0n) is 32.9. The van der Waals surface area contributed by atoms with Gasteiger partial charge in [0.05, 0.1) is 0 Å². The molecule has 4 heteroatoms. The Labute approximate surface area is 346 Å². The quantitative estimate of drug-likeness (QED) is 0.162. The molecule has 8 aromatic carbocycles. The summed E-state index contributed by atoms with van der Waals surface area (Å²) in [7, 11) is 0. The first-order valence-electron chi connectivity index (χ1n) is 20.5. The van der Waals surface area contributed by atoms with E-state index in [2.05, 4.69) is 219 Å². The molecule has 0 fully saturated rings. The Hall–Kier alpha value is -6.82. The van der Waals surface area contributed by atoms with Crippen LogP contribution < -0.4 is 17.6 Å². The van der Waals surface area contributed by atoms with Crippen LogP contribution in [0.3, 0.4) is 0 Å². The fourth-order valence-electron chi connectivity index (χ4n) is 10.6. The zero-order valence-corrected chi connectivity index (χ0v) is 35.0. The van der Waals surface area contributed by atoms with Crippen molar-refractivity contribution in [3.05, 3.63) is 211 Å². The van der Waals surface area contributed by atoms with Gasteiger partial charge in [-0.1, -0.05) is 38.1 Å². The molecular formula is C55H39GeN3. The van der Waals surface area contributed by atoms with Crippen molar-refractivity contribution in [1.29, 1.82) is 0 Å². The van der Waals surface area contributed by atoms with E-state index in [-0.39, 0.29) is 5.41 Å². The Kier molecular flexibility index (Phi) is 7.45. The number of hydrogen-bond donors (Lipinski definition) is 0. The van der Waals surface area contributed by atoms with Crippen molar-refractivity contribution in [2.45, 2.75) is 19.3 Å². The second kappa shape index (κ2) is 12.8. The first kappa shape index (κ1) is 34.2. The summed E-state index contributed by atoms with van der Waals surface area (Å²) in [6.07, 6.45) is 0. The van der Waals surface area contributed by atoms with Crippen LogP contribution >= 0.6 is 0 Å². The van der Waals surface area contributed by atoms with Gasteiger partial charge in [-0.3, -0.25) is 0 Å². The predicted octanol–water partition coefficient (Wildman–Crippen LogP) is 10.6. The van der Waals surface area contributed by atoms with Gasteiger partial charge >= 0.3 is 299 Å². The van der Waals surface area contributed by atoms with Gasteiger partial charge in [0.15, 0.2) is 0 Å². The van der Waals surface area contributed by atoms with Crippen molar-refractivity contribution in [2.24, 2.45) is 0 Å². The molecule has 0 N–H and O–H groups in total. The SMILES string of the molecule is CC1(C)c2ccccc2-c2c1ccc1c2c2ccccc2n1-c1cccc(-c2nc(-c3ccccc3)[c]3c(n2)-c2cccc[c]2[Ge]3([c]2ccccc2)[c]2ccccc2)c1. The van der Waals surface area contributed by atoms with Gasteiger partial charge in [0.1, 0.15) is 0 Å². The van der Waals surface area contributed by atoms with Crippen LogP contribution in [0.4, 0.5) is 0 Å². The molecule has 12 rings (SSSR count). The Morgan fingerprint density at radius 1 is 0.475 bits per heavy atom. The van der Waals surface area contributed by atoms with Crippen LogP contribution in [0.15, 0.2) is 200 Å². The summed E-state index contributed by atoms with van der Waals surface area (Å²) in [6, 6.07) is 73.6. The van der Waals surface area contributed by atoms with E-state index in [9.17, 15) is 0 Å². The molecule has 2 aliphatic rings. The summed E-state index contributed by atoms with van der Waals surface area (Å²) < 4.78 is 7.90. The third-order valence-electron chi connectivity index (χ3n) is 13.1. The predicted molar refractivity (Wildman–Crippen MR) is 247 cm³/mol. The topological polar surface area (TPSA) is 30.7 Å². The number of nitrogens with zero attached hydrogens (tertiary/aromatic N) is 3. The van der Waals surface area contributed by atoms with Crippen LogP contribution in [0.2, 0.25) is 0 Å². The fourth-order valence-corrected chi connectivity index (χ4v) is 21.5. The second-order valence-electron chi connectivity index (χ2n) is 16.5. The van der Waals surface area contributed by atoms with E-state index in [0.29, 0.717) is 0 Å². The van der Waals surface area contributed by atoms with Gasteiger partial charge in [-0.25, -0.2) is 0 Å². The summed E-state index contributed by atoms with van der Waals surface area (Å²) in [6.45, 7) is 4.72. The van der Waals surface area contributed by atoms with Crippen molar-refractivity contribution in [2.75, 3.05) is 0 Å². The fraction of sp³-hybridized carbons (Fsp3) is 0.0545. The van der Waals surface area contributed by atoms with E-state index in [1.54, 1.807) is 0 Å². The molecular weight excluding hydrogens is 775 g/mol. The minimum atomic E-state index is -3.65. The van der Waals surface area contributed by atoms with Crippen LogP contribution in [-0.4, -0.2) is 27.8 Å². The average Bonchev–Trinajstić information content (AvgIpc) is 3.88. The van der Waals surface area contributed by atoms with Crippen molar-refractivity contribution < 1.29 is 0 Å². The number of hydrogen-bond acceptors (Lipinski definition) is 2. The van der Waals surface area contributed by atoms with Gasteiger partial charge in [0, 0.05) is 5.41 Å². The van der Waals surface area contributed by atoms with E-state index in [4.69, 9.17) is 9.97 Å². The summed E-state index contributed by atoms with van der Waals surface area (Å²) in [5.41, 5.74) is 14.2. The van der Waals surface area contributed by atoms with Crippen molar-refractivity contribution in [3.8, 4) is 50.7 Å². The molecule has 59 heavy (non-hydrogen) atoms. The number of fused-ring (bicyclic) bond motifs is 10. The molecule has 10 aromatic rings. The first-order chi connectivity index (χ1) is 29.0. The monoisotopic (exact) mass is 815 g/mol. The van der Waals surface area contributed by atoms with Gasteiger partial charge in [-0.05, 0) is 5.56 Å². The molecule has 0 atom stereocenters. The second-order valence-corrected chi connectivity index (χ2v) is 24.2. The Morgan fingerprint density at radius 2 is 1.08 bits per heavy atom. The molecule has 0 spiro atoms. The zero-order chi connectivity index (χ0) is 39.3. The number of benzene rings is 8. The molecule has 0 unspecified atom stereocenters. The maximum absolute atomic E-state index is 5.68. The molecule has 0 saturated carbocycles. The molecule has 1 aliphatic carbocycles. The van der Waals surface area contributed by atoms with Gasteiger partial charge in [0.2, 0.25) is 0 Å². The Morgan fingerprint density at radius 3 is 1.85 bits per heavy atom. The molecule has 3 nitrogen and oxygen atoms in total. The number of aromatic nitrogens is 3. The molecule has 1 aliphatic heterocycles. The van der Waals surface area contributed by atoms with Crippen LogP contribution in [0.5, 0.6) is 0 Å². The average molecular weight is 815 g/mol. The Bertz CT molecular complexity index is 3250.